The summed E-state index contributed by atoms with van der Waals surface area (Å²) in [5.74, 6) is 0.360. The van der Waals surface area contributed by atoms with Crippen molar-refractivity contribution in [1.29, 1.82) is 0 Å². The van der Waals surface area contributed by atoms with E-state index >= 15 is 0 Å². The van der Waals surface area contributed by atoms with Gasteiger partial charge in [0.25, 0.3) is 5.91 Å². The average Bonchev–Trinajstić information content (AvgIpc) is 2.89. The molecule has 3 heterocycles. The number of amides is 1. The Morgan fingerprint density at radius 2 is 1.67 bits per heavy atom. The number of aromatic nitrogens is 3. The minimum atomic E-state index is -0.396. The summed E-state index contributed by atoms with van der Waals surface area (Å²) >= 11 is 0. The first-order valence-electron chi connectivity index (χ1n) is 11.1. The van der Waals surface area contributed by atoms with Crippen molar-refractivity contribution in [1.82, 2.24) is 19.9 Å². The summed E-state index contributed by atoms with van der Waals surface area (Å²) in [6, 6.07) is 19.8. The maximum atomic E-state index is 13.6. The van der Waals surface area contributed by atoms with Gasteiger partial charge in [-0.1, -0.05) is 36.4 Å². The summed E-state index contributed by atoms with van der Waals surface area (Å²) < 4.78 is 13.6. The first kappa shape index (κ1) is 20.9. The van der Waals surface area contributed by atoms with Crippen LogP contribution in [-0.4, -0.2) is 38.8 Å². The lowest BCUT2D eigenvalue weighted by atomic mass is 9.88. The molecule has 1 fully saturated rings. The second-order valence-electron chi connectivity index (χ2n) is 8.17. The molecule has 0 aliphatic carbocycles. The van der Waals surface area contributed by atoms with E-state index in [1.54, 1.807) is 29.4 Å². The Bertz CT molecular complexity index is 1260. The van der Waals surface area contributed by atoms with Gasteiger partial charge in [0, 0.05) is 54.3 Å². The van der Waals surface area contributed by atoms with E-state index in [-0.39, 0.29) is 11.8 Å². The van der Waals surface area contributed by atoms with Crippen molar-refractivity contribution in [3.05, 3.63) is 102 Å². The van der Waals surface area contributed by atoms with Crippen LogP contribution in [-0.2, 0) is 0 Å². The summed E-state index contributed by atoms with van der Waals surface area (Å²) in [5, 5.41) is 0. The van der Waals surface area contributed by atoms with E-state index in [1.807, 2.05) is 48.7 Å². The van der Waals surface area contributed by atoms with Crippen LogP contribution < -0.4 is 0 Å². The Kier molecular flexibility index (Phi) is 5.89. The van der Waals surface area contributed by atoms with Gasteiger partial charge in [-0.25, -0.2) is 14.4 Å². The molecular weight excluding hydrogens is 415 g/mol. The molecule has 0 saturated carbocycles. The molecule has 1 amide bonds. The van der Waals surface area contributed by atoms with Gasteiger partial charge in [-0.2, -0.15) is 0 Å². The number of likely N-dealkylation sites (tertiary alicyclic amines) is 1. The Balaban J connectivity index is 1.42. The third-order valence-electron chi connectivity index (χ3n) is 6.08. The van der Waals surface area contributed by atoms with Gasteiger partial charge in [-0.15, -0.1) is 0 Å². The van der Waals surface area contributed by atoms with E-state index in [2.05, 4.69) is 9.97 Å². The first-order valence-corrected chi connectivity index (χ1v) is 11.1. The molecule has 0 unspecified atom stereocenters. The molecule has 0 spiro atoms. The van der Waals surface area contributed by atoms with Gasteiger partial charge in [0.1, 0.15) is 5.82 Å². The smallest absolute Gasteiger partial charge is 0.253 e. The van der Waals surface area contributed by atoms with Gasteiger partial charge >= 0.3 is 0 Å². The summed E-state index contributed by atoms with van der Waals surface area (Å²) in [4.78, 5) is 28.4. The standard InChI is InChI=1S/C27H23FN4O/c28-23-8-4-7-22(17-23)27(33)32-15-11-20(12-16-32)25-24(19-9-13-29-14-10-19)18-30-26(31-25)21-5-2-1-3-6-21/h1-10,13-14,17-18,20H,11-12,15-16H2. The van der Waals surface area contributed by atoms with Crippen molar-refractivity contribution < 1.29 is 9.18 Å². The number of carbonyl (C=O) groups is 1. The quantitative estimate of drug-likeness (QED) is 0.430. The van der Waals surface area contributed by atoms with Gasteiger partial charge in [-0.3, -0.25) is 9.78 Å². The number of hydrogen-bond acceptors (Lipinski definition) is 4. The molecule has 5 rings (SSSR count). The fourth-order valence-corrected chi connectivity index (χ4v) is 4.35. The maximum absolute atomic E-state index is 13.6. The predicted octanol–water partition coefficient (Wildman–Crippen LogP) is 5.36. The van der Waals surface area contributed by atoms with Crippen molar-refractivity contribution in [3.63, 3.8) is 0 Å². The lowest BCUT2D eigenvalue weighted by Crippen LogP contribution is -2.38. The summed E-state index contributed by atoms with van der Waals surface area (Å²) in [7, 11) is 0. The maximum Gasteiger partial charge on any atom is 0.253 e. The monoisotopic (exact) mass is 438 g/mol. The van der Waals surface area contributed by atoms with Crippen LogP contribution in [0.4, 0.5) is 4.39 Å². The number of halogens is 1. The van der Waals surface area contributed by atoms with Crippen molar-refractivity contribution in [3.8, 4) is 22.5 Å². The molecule has 6 heteroatoms. The van der Waals surface area contributed by atoms with Crippen LogP contribution >= 0.6 is 0 Å². The Hall–Kier alpha value is -3.93. The number of pyridine rings is 1. The van der Waals surface area contributed by atoms with Crippen LogP contribution in [0, 0.1) is 5.82 Å². The zero-order valence-electron chi connectivity index (χ0n) is 18.1. The molecule has 4 aromatic rings. The number of rotatable bonds is 4. The Morgan fingerprint density at radius 3 is 2.39 bits per heavy atom. The largest absolute Gasteiger partial charge is 0.339 e. The molecule has 33 heavy (non-hydrogen) atoms. The molecule has 164 valence electrons. The fraction of sp³-hybridized carbons (Fsp3) is 0.185. The van der Waals surface area contributed by atoms with Crippen LogP contribution in [0.3, 0.4) is 0 Å². The van der Waals surface area contributed by atoms with E-state index in [1.165, 1.54) is 12.1 Å². The molecule has 5 nitrogen and oxygen atoms in total. The molecule has 0 N–H and O–H groups in total. The second kappa shape index (κ2) is 9.28. The Morgan fingerprint density at radius 1 is 0.909 bits per heavy atom. The lowest BCUT2D eigenvalue weighted by Gasteiger charge is -2.32. The second-order valence-corrected chi connectivity index (χ2v) is 8.17. The van der Waals surface area contributed by atoms with Crippen molar-refractivity contribution in [2.24, 2.45) is 0 Å². The normalized spacial score (nSPS) is 14.3. The number of piperidine rings is 1. The molecule has 2 aromatic carbocycles. The highest BCUT2D eigenvalue weighted by atomic mass is 19.1. The minimum absolute atomic E-state index is 0.130. The molecule has 1 aliphatic rings. The first-order chi connectivity index (χ1) is 16.2. The molecule has 1 aliphatic heterocycles. The van der Waals surface area contributed by atoms with E-state index in [9.17, 15) is 9.18 Å². The highest BCUT2D eigenvalue weighted by molar-refractivity contribution is 5.94. The molecule has 0 radical (unpaired) electrons. The van der Waals surface area contributed by atoms with Crippen molar-refractivity contribution >= 4 is 5.91 Å². The van der Waals surface area contributed by atoms with Gasteiger partial charge in [0.2, 0.25) is 0 Å². The summed E-state index contributed by atoms with van der Waals surface area (Å²) in [5.41, 5.74) is 4.37. The molecule has 1 saturated heterocycles. The lowest BCUT2D eigenvalue weighted by molar-refractivity contribution is 0.0711. The molecule has 0 atom stereocenters. The van der Waals surface area contributed by atoms with E-state index in [0.29, 0.717) is 24.5 Å². The van der Waals surface area contributed by atoms with Crippen LogP contribution in [0.25, 0.3) is 22.5 Å². The number of benzene rings is 2. The van der Waals surface area contributed by atoms with Gasteiger partial charge in [-0.05, 0) is 48.7 Å². The predicted molar refractivity (Wildman–Crippen MR) is 125 cm³/mol. The number of carbonyl (C=O) groups excluding carboxylic acids is 1. The fourth-order valence-electron chi connectivity index (χ4n) is 4.35. The summed E-state index contributed by atoms with van der Waals surface area (Å²) in [6.45, 7) is 1.20. The number of nitrogens with zero attached hydrogens (tertiary/aromatic N) is 4. The SMILES string of the molecule is O=C(c1cccc(F)c1)N1CCC(c2nc(-c3ccccc3)ncc2-c2ccncc2)CC1. The highest BCUT2D eigenvalue weighted by Gasteiger charge is 2.28. The average molecular weight is 439 g/mol. The van der Waals surface area contributed by atoms with E-state index in [0.717, 1.165) is 35.2 Å². The van der Waals surface area contributed by atoms with Gasteiger partial charge < -0.3 is 4.90 Å². The van der Waals surface area contributed by atoms with Crippen LogP contribution in [0.1, 0.15) is 34.8 Å². The minimum Gasteiger partial charge on any atom is -0.339 e. The third-order valence-corrected chi connectivity index (χ3v) is 6.08. The van der Waals surface area contributed by atoms with Crippen LogP contribution in [0.5, 0.6) is 0 Å². The highest BCUT2D eigenvalue weighted by Crippen LogP contribution is 2.35. The van der Waals surface area contributed by atoms with Gasteiger partial charge in [0.05, 0.1) is 5.69 Å². The zero-order valence-corrected chi connectivity index (χ0v) is 18.1. The summed E-state index contributed by atoms with van der Waals surface area (Å²) in [6.07, 6.45) is 6.99. The number of hydrogen-bond donors (Lipinski definition) is 0. The molecule has 0 bridgehead atoms. The third kappa shape index (κ3) is 4.51. The van der Waals surface area contributed by atoms with Crippen molar-refractivity contribution in [2.75, 3.05) is 13.1 Å². The van der Waals surface area contributed by atoms with E-state index < -0.39 is 5.82 Å². The van der Waals surface area contributed by atoms with Gasteiger partial charge in [0.15, 0.2) is 5.82 Å². The molecular formula is C27H23FN4O. The van der Waals surface area contributed by atoms with E-state index in [4.69, 9.17) is 4.98 Å². The van der Waals surface area contributed by atoms with Crippen LogP contribution in [0.15, 0.2) is 85.3 Å². The Labute approximate surface area is 192 Å². The van der Waals surface area contributed by atoms with Crippen molar-refractivity contribution in [2.45, 2.75) is 18.8 Å². The molecule has 2 aromatic heterocycles. The zero-order chi connectivity index (χ0) is 22.6. The van der Waals surface area contributed by atoms with Crippen LogP contribution in [0.2, 0.25) is 0 Å². The topological polar surface area (TPSA) is 59.0 Å².